The van der Waals surface area contributed by atoms with Crippen molar-refractivity contribution < 1.29 is 9.90 Å². The quantitative estimate of drug-likeness (QED) is 0.785. The number of aliphatic carboxylic acids is 1. The van der Waals surface area contributed by atoms with Gasteiger partial charge in [0.05, 0.1) is 0 Å². The first-order valence-corrected chi connectivity index (χ1v) is 4.44. The molecule has 1 heterocycles. The molecular formula is C11H11NO2. The maximum atomic E-state index is 10.6. The number of hydrogen-bond donors (Lipinski definition) is 1. The molecule has 0 unspecified atom stereocenters. The van der Waals surface area contributed by atoms with Gasteiger partial charge in [-0.2, -0.15) is 0 Å². The Hall–Kier alpha value is -1.77. The van der Waals surface area contributed by atoms with E-state index in [1.54, 1.807) is 10.8 Å². The number of aromatic nitrogens is 1. The molecule has 0 spiro atoms. The van der Waals surface area contributed by atoms with Gasteiger partial charge in [0.2, 0.25) is 0 Å². The molecule has 0 saturated carbocycles. The molecule has 0 amide bonds. The fourth-order valence-corrected chi connectivity index (χ4v) is 1.60. The zero-order valence-electron chi connectivity index (χ0n) is 7.90. The second-order valence-electron chi connectivity index (χ2n) is 3.40. The Kier molecular flexibility index (Phi) is 2.00. The van der Waals surface area contributed by atoms with Gasteiger partial charge in [-0.1, -0.05) is 11.6 Å². The molecule has 2 rings (SSSR count). The summed E-state index contributed by atoms with van der Waals surface area (Å²) in [6, 6.07) is 7.92. The predicted octanol–water partition coefficient (Wildman–Crippen LogP) is 2.03. The van der Waals surface area contributed by atoms with Crippen LogP contribution in [0.5, 0.6) is 0 Å². The van der Waals surface area contributed by atoms with E-state index in [4.69, 9.17) is 5.11 Å². The van der Waals surface area contributed by atoms with Gasteiger partial charge >= 0.3 is 5.97 Å². The Morgan fingerprint density at radius 2 is 2.21 bits per heavy atom. The fourth-order valence-electron chi connectivity index (χ4n) is 1.60. The van der Waals surface area contributed by atoms with Crippen molar-refractivity contribution in [3.63, 3.8) is 0 Å². The minimum absolute atomic E-state index is 0.0204. The molecule has 3 nitrogen and oxygen atoms in total. The van der Waals surface area contributed by atoms with E-state index in [-0.39, 0.29) is 6.54 Å². The Morgan fingerprint density at radius 3 is 2.93 bits per heavy atom. The SMILES string of the molecule is Cc1ccc2c(ccn2CC(=O)O)c1. The number of rotatable bonds is 2. The molecule has 0 fully saturated rings. The lowest BCUT2D eigenvalue weighted by Crippen LogP contribution is -2.06. The molecule has 1 aromatic carbocycles. The van der Waals surface area contributed by atoms with Gasteiger partial charge < -0.3 is 9.67 Å². The lowest BCUT2D eigenvalue weighted by atomic mass is 10.2. The average Bonchev–Trinajstić information content (AvgIpc) is 2.47. The highest BCUT2D eigenvalue weighted by Gasteiger charge is 2.03. The molecule has 0 aliphatic carbocycles. The highest BCUT2D eigenvalue weighted by Crippen LogP contribution is 2.16. The van der Waals surface area contributed by atoms with Crippen LogP contribution in [-0.2, 0) is 11.3 Å². The second-order valence-corrected chi connectivity index (χ2v) is 3.40. The van der Waals surface area contributed by atoms with Crippen LogP contribution in [0.2, 0.25) is 0 Å². The van der Waals surface area contributed by atoms with Crippen LogP contribution in [0.3, 0.4) is 0 Å². The van der Waals surface area contributed by atoms with E-state index in [1.807, 2.05) is 31.2 Å². The summed E-state index contributed by atoms with van der Waals surface area (Å²) < 4.78 is 1.73. The topological polar surface area (TPSA) is 42.2 Å². The summed E-state index contributed by atoms with van der Waals surface area (Å²) in [6.45, 7) is 2.04. The van der Waals surface area contributed by atoms with Gasteiger partial charge in [-0.25, -0.2) is 0 Å². The number of carbonyl (C=O) groups is 1. The molecule has 1 N–H and O–H groups in total. The smallest absolute Gasteiger partial charge is 0.323 e. The van der Waals surface area contributed by atoms with Crippen molar-refractivity contribution in [1.29, 1.82) is 0 Å². The van der Waals surface area contributed by atoms with Crippen LogP contribution in [0.15, 0.2) is 30.5 Å². The third kappa shape index (κ3) is 1.48. The number of benzene rings is 1. The first-order chi connectivity index (χ1) is 6.66. The molecule has 72 valence electrons. The number of aryl methyl sites for hydroxylation is 1. The van der Waals surface area contributed by atoms with Gasteiger partial charge in [0.25, 0.3) is 0 Å². The van der Waals surface area contributed by atoms with Crippen molar-refractivity contribution in [3.8, 4) is 0 Å². The first kappa shape index (κ1) is 8.81. The molecule has 2 aromatic rings. The van der Waals surface area contributed by atoms with Crippen LogP contribution in [-0.4, -0.2) is 15.6 Å². The third-order valence-electron chi connectivity index (χ3n) is 2.23. The Morgan fingerprint density at radius 1 is 1.43 bits per heavy atom. The monoisotopic (exact) mass is 189 g/mol. The van der Waals surface area contributed by atoms with Crippen molar-refractivity contribution >= 4 is 16.9 Å². The predicted molar refractivity (Wildman–Crippen MR) is 54.3 cm³/mol. The second kappa shape index (κ2) is 3.18. The average molecular weight is 189 g/mol. The summed E-state index contributed by atoms with van der Waals surface area (Å²) in [5.74, 6) is -0.817. The molecule has 0 aliphatic rings. The first-order valence-electron chi connectivity index (χ1n) is 4.44. The third-order valence-corrected chi connectivity index (χ3v) is 2.23. The summed E-state index contributed by atoms with van der Waals surface area (Å²) in [7, 11) is 0. The van der Waals surface area contributed by atoms with E-state index < -0.39 is 5.97 Å². The number of carboxylic acids is 1. The lowest BCUT2D eigenvalue weighted by Gasteiger charge is -2.01. The minimum atomic E-state index is -0.817. The van der Waals surface area contributed by atoms with E-state index >= 15 is 0 Å². The van der Waals surface area contributed by atoms with Gasteiger partial charge in [-0.15, -0.1) is 0 Å². The standard InChI is InChI=1S/C11H11NO2/c1-8-2-3-10-9(6-8)4-5-12(10)7-11(13)14/h2-6H,7H2,1H3,(H,13,14). The van der Waals surface area contributed by atoms with Gasteiger partial charge in [0.1, 0.15) is 6.54 Å². The van der Waals surface area contributed by atoms with Gasteiger partial charge in [0.15, 0.2) is 0 Å². The minimum Gasteiger partial charge on any atom is -0.480 e. The summed E-state index contributed by atoms with van der Waals surface area (Å²) >= 11 is 0. The molecule has 0 atom stereocenters. The summed E-state index contributed by atoms with van der Waals surface area (Å²) in [5, 5.41) is 9.77. The maximum Gasteiger partial charge on any atom is 0.323 e. The summed E-state index contributed by atoms with van der Waals surface area (Å²) in [4.78, 5) is 10.6. The Bertz CT molecular complexity index is 485. The molecule has 1 aromatic heterocycles. The zero-order valence-corrected chi connectivity index (χ0v) is 7.90. The molecule has 3 heteroatoms. The Balaban J connectivity index is 2.52. The maximum absolute atomic E-state index is 10.6. The van der Waals surface area contributed by atoms with E-state index in [1.165, 1.54) is 5.56 Å². The highest BCUT2D eigenvalue weighted by molar-refractivity contribution is 5.82. The Labute approximate surface area is 81.6 Å². The number of hydrogen-bond acceptors (Lipinski definition) is 1. The molecule has 0 bridgehead atoms. The van der Waals surface area contributed by atoms with Crippen molar-refractivity contribution in [2.45, 2.75) is 13.5 Å². The summed E-state index contributed by atoms with van der Waals surface area (Å²) in [6.07, 6.45) is 1.80. The molecule has 14 heavy (non-hydrogen) atoms. The van der Waals surface area contributed by atoms with E-state index in [0.29, 0.717) is 0 Å². The van der Waals surface area contributed by atoms with Crippen molar-refractivity contribution in [3.05, 3.63) is 36.0 Å². The molecule has 0 radical (unpaired) electrons. The van der Waals surface area contributed by atoms with Crippen molar-refractivity contribution in [1.82, 2.24) is 4.57 Å². The molecule has 0 aliphatic heterocycles. The van der Waals surface area contributed by atoms with Crippen LogP contribution in [0.1, 0.15) is 5.56 Å². The van der Waals surface area contributed by atoms with E-state index in [9.17, 15) is 4.79 Å². The van der Waals surface area contributed by atoms with Crippen LogP contribution < -0.4 is 0 Å². The number of nitrogens with zero attached hydrogens (tertiary/aromatic N) is 1. The van der Waals surface area contributed by atoms with Gasteiger partial charge in [0, 0.05) is 11.7 Å². The van der Waals surface area contributed by atoms with Gasteiger partial charge in [-0.05, 0) is 30.5 Å². The van der Waals surface area contributed by atoms with E-state index in [2.05, 4.69) is 0 Å². The highest BCUT2D eigenvalue weighted by atomic mass is 16.4. The van der Waals surface area contributed by atoms with Crippen molar-refractivity contribution in [2.75, 3.05) is 0 Å². The molecule has 0 saturated heterocycles. The van der Waals surface area contributed by atoms with E-state index in [0.717, 1.165) is 10.9 Å². The fraction of sp³-hybridized carbons (Fsp3) is 0.182. The normalized spacial score (nSPS) is 10.6. The van der Waals surface area contributed by atoms with Crippen molar-refractivity contribution in [2.24, 2.45) is 0 Å². The van der Waals surface area contributed by atoms with Crippen LogP contribution in [0, 0.1) is 6.92 Å². The zero-order chi connectivity index (χ0) is 10.1. The van der Waals surface area contributed by atoms with Crippen LogP contribution in [0.4, 0.5) is 0 Å². The largest absolute Gasteiger partial charge is 0.480 e. The van der Waals surface area contributed by atoms with Crippen LogP contribution in [0.25, 0.3) is 10.9 Å². The summed E-state index contributed by atoms with van der Waals surface area (Å²) in [5.41, 5.74) is 2.16. The van der Waals surface area contributed by atoms with Gasteiger partial charge in [-0.3, -0.25) is 4.79 Å². The lowest BCUT2D eigenvalue weighted by molar-refractivity contribution is -0.137. The number of carboxylic acid groups (broad SMARTS) is 1. The number of fused-ring (bicyclic) bond motifs is 1. The van der Waals surface area contributed by atoms with Crippen LogP contribution >= 0.6 is 0 Å². The molecular weight excluding hydrogens is 178 g/mol.